The lowest BCUT2D eigenvalue weighted by Gasteiger charge is -2.44. The third kappa shape index (κ3) is 3.82. The Hall–Kier alpha value is -2.21. The molecule has 0 unspecified atom stereocenters. The van der Waals surface area contributed by atoms with Gasteiger partial charge in [0.2, 0.25) is 11.8 Å². The van der Waals surface area contributed by atoms with E-state index in [1.807, 2.05) is 36.3 Å². The van der Waals surface area contributed by atoms with E-state index in [1.165, 1.54) is 11.1 Å². The van der Waals surface area contributed by atoms with Crippen molar-refractivity contribution >= 4 is 23.2 Å². The molecule has 1 aliphatic carbocycles. The quantitative estimate of drug-likeness (QED) is 0.817. The van der Waals surface area contributed by atoms with Crippen molar-refractivity contribution in [2.75, 3.05) is 0 Å². The van der Waals surface area contributed by atoms with Crippen molar-refractivity contribution in [1.82, 2.24) is 15.2 Å². The molecule has 2 aromatic rings. The van der Waals surface area contributed by atoms with E-state index in [4.69, 9.17) is 0 Å². The van der Waals surface area contributed by atoms with Crippen LogP contribution in [-0.4, -0.2) is 33.8 Å². The van der Waals surface area contributed by atoms with Gasteiger partial charge in [0.05, 0.1) is 6.04 Å². The molecule has 154 valence electrons. The predicted octanol–water partition coefficient (Wildman–Crippen LogP) is 3.67. The molecule has 29 heavy (non-hydrogen) atoms. The zero-order chi connectivity index (χ0) is 20.7. The molecule has 3 atom stereocenters. The molecule has 0 spiro atoms. The van der Waals surface area contributed by atoms with Crippen molar-refractivity contribution in [3.63, 3.8) is 0 Å². The Morgan fingerprint density at radius 3 is 2.38 bits per heavy atom. The fraction of sp³-hybridized carbons (Fsp3) is 0.522. The fourth-order valence-electron chi connectivity index (χ4n) is 4.71. The second-order valence-electron chi connectivity index (χ2n) is 8.82. The summed E-state index contributed by atoms with van der Waals surface area (Å²) in [5.74, 6) is 0.433. The minimum absolute atomic E-state index is 0.0283. The van der Waals surface area contributed by atoms with Gasteiger partial charge in [-0.2, -0.15) is 0 Å². The molecular formula is C23H29N3O2S. The Kier molecular flexibility index (Phi) is 5.47. The maximum Gasteiger partial charge on any atom is 0.246 e. The van der Waals surface area contributed by atoms with E-state index in [0.29, 0.717) is 12.3 Å². The molecule has 1 fully saturated rings. The zero-order valence-corrected chi connectivity index (χ0v) is 18.3. The first-order valence-corrected chi connectivity index (χ1v) is 11.3. The molecule has 1 aromatic carbocycles. The van der Waals surface area contributed by atoms with Crippen LogP contribution >= 0.6 is 11.3 Å². The van der Waals surface area contributed by atoms with Crippen molar-refractivity contribution < 1.29 is 9.59 Å². The number of aryl methyl sites for hydroxylation is 1. The van der Waals surface area contributed by atoms with E-state index >= 15 is 0 Å². The minimum Gasteiger partial charge on any atom is -0.342 e. The smallest absolute Gasteiger partial charge is 0.246 e. The van der Waals surface area contributed by atoms with Gasteiger partial charge in [-0.25, -0.2) is 4.98 Å². The van der Waals surface area contributed by atoms with Gasteiger partial charge in [-0.15, -0.1) is 11.3 Å². The number of benzene rings is 1. The molecule has 1 aliphatic heterocycles. The maximum atomic E-state index is 13.7. The number of hydrogen-bond donors (Lipinski definition) is 1. The van der Waals surface area contributed by atoms with Crippen molar-refractivity contribution in [2.24, 2.45) is 11.8 Å². The first kappa shape index (κ1) is 20.1. The molecule has 2 amide bonds. The summed E-state index contributed by atoms with van der Waals surface area (Å²) in [5.41, 5.74) is 3.53. The largest absolute Gasteiger partial charge is 0.342 e. The van der Waals surface area contributed by atoms with Gasteiger partial charge in [0, 0.05) is 11.1 Å². The number of thiazole rings is 1. The summed E-state index contributed by atoms with van der Waals surface area (Å²) in [5, 5.41) is 5.99. The monoisotopic (exact) mass is 411 g/mol. The molecule has 2 aliphatic rings. The third-order valence-corrected chi connectivity index (χ3v) is 7.25. The lowest BCUT2D eigenvalue weighted by molar-refractivity contribution is -0.154. The number of carbonyl (C=O) groups excluding carboxylic acids is 2. The minimum atomic E-state index is -0.471. The van der Waals surface area contributed by atoms with E-state index in [-0.39, 0.29) is 23.8 Å². The Balaban J connectivity index is 1.63. The molecule has 4 rings (SSSR count). The van der Waals surface area contributed by atoms with E-state index in [0.717, 1.165) is 23.5 Å². The summed E-state index contributed by atoms with van der Waals surface area (Å²) in [6.45, 7) is 8.14. The number of rotatable bonds is 5. The van der Waals surface area contributed by atoms with Crippen LogP contribution in [0.2, 0.25) is 0 Å². The molecule has 5 nitrogen and oxygen atoms in total. The molecule has 6 heteroatoms. The molecular weight excluding hydrogens is 382 g/mol. The molecule has 0 bridgehead atoms. The van der Waals surface area contributed by atoms with Crippen LogP contribution in [0.4, 0.5) is 0 Å². The summed E-state index contributed by atoms with van der Waals surface area (Å²) in [7, 11) is 0. The molecule has 1 aromatic heterocycles. The Morgan fingerprint density at radius 1 is 1.17 bits per heavy atom. The highest BCUT2D eigenvalue weighted by molar-refractivity contribution is 7.09. The lowest BCUT2D eigenvalue weighted by atomic mass is 9.89. The number of nitrogens with zero attached hydrogens (tertiary/aromatic N) is 2. The van der Waals surface area contributed by atoms with Gasteiger partial charge in [0.15, 0.2) is 0 Å². The molecule has 1 N–H and O–H groups in total. The number of piperazine rings is 1. The topological polar surface area (TPSA) is 62.3 Å². The predicted molar refractivity (Wildman–Crippen MR) is 115 cm³/mol. The SMILES string of the molecule is Cc1csc([C@H](C)N2C(=O)[C@@H](C3Cc4ccccc4C3)NC(=O)[C@H]2CC(C)C)n1. The number of hydrogen-bond acceptors (Lipinski definition) is 4. The van der Waals surface area contributed by atoms with Gasteiger partial charge < -0.3 is 10.2 Å². The standard InChI is InChI=1S/C23H29N3O2S/c1-13(2)9-19-21(27)25-20(18-10-16-7-5-6-8-17(16)11-18)23(28)26(19)15(4)22-24-14(3)12-29-22/h5-8,12-13,15,18-20H,9-11H2,1-4H3,(H,25,27)/t15-,19+,20+/m0/s1. The Bertz CT molecular complexity index is 897. The summed E-state index contributed by atoms with van der Waals surface area (Å²) < 4.78 is 0. The van der Waals surface area contributed by atoms with Gasteiger partial charge in [0.1, 0.15) is 17.1 Å². The van der Waals surface area contributed by atoms with Gasteiger partial charge in [-0.3, -0.25) is 9.59 Å². The first-order valence-electron chi connectivity index (χ1n) is 10.5. The lowest BCUT2D eigenvalue weighted by Crippen LogP contribution is -2.65. The van der Waals surface area contributed by atoms with E-state index in [9.17, 15) is 9.59 Å². The van der Waals surface area contributed by atoms with Gasteiger partial charge in [-0.05, 0) is 56.1 Å². The van der Waals surface area contributed by atoms with Crippen LogP contribution in [0, 0.1) is 18.8 Å². The fourth-order valence-corrected chi connectivity index (χ4v) is 5.56. The maximum absolute atomic E-state index is 13.7. The van der Waals surface area contributed by atoms with Crippen LogP contribution in [0.1, 0.15) is 55.1 Å². The van der Waals surface area contributed by atoms with E-state index < -0.39 is 12.1 Å². The second kappa shape index (κ2) is 7.90. The average Bonchev–Trinajstić information content (AvgIpc) is 3.30. The highest BCUT2D eigenvalue weighted by Gasteiger charge is 2.47. The number of aromatic nitrogens is 1. The Labute approximate surface area is 176 Å². The van der Waals surface area contributed by atoms with Crippen LogP contribution in [-0.2, 0) is 22.4 Å². The number of carbonyl (C=O) groups is 2. The number of nitrogens with one attached hydrogen (secondary N) is 1. The number of amides is 2. The van der Waals surface area contributed by atoms with Gasteiger partial charge in [0.25, 0.3) is 0 Å². The second-order valence-corrected chi connectivity index (χ2v) is 9.71. The zero-order valence-electron chi connectivity index (χ0n) is 17.5. The summed E-state index contributed by atoms with van der Waals surface area (Å²) >= 11 is 1.56. The van der Waals surface area contributed by atoms with Crippen LogP contribution in [0.25, 0.3) is 0 Å². The van der Waals surface area contributed by atoms with E-state index in [1.54, 1.807) is 11.3 Å². The van der Waals surface area contributed by atoms with Crippen molar-refractivity contribution in [2.45, 2.75) is 65.1 Å². The molecule has 0 saturated carbocycles. The van der Waals surface area contributed by atoms with Gasteiger partial charge in [-0.1, -0.05) is 38.1 Å². The Morgan fingerprint density at radius 2 is 1.83 bits per heavy atom. The first-order chi connectivity index (χ1) is 13.8. The molecule has 2 heterocycles. The summed E-state index contributed by atoms with van der Waals surface area (Å²) in [6, 6.07) is 7.22. The average molecular weight is 412 g/mol. The van der Waals surface area contributed by atoms with Crippen LogP contribution in [0.5, 0.6) is 0 Å². The molecule has 1 saturated heterocycles. The third-order valence-electron chi connectivity index (χ3n) is 6.12. The van der Waals surface area contributed by atoms with Crippen molar-refractivity contribution in [3.05, 3.63) is 51.5 Å². The van der Waals surface area contributed by atoms with Crippen LogP contribution < -0.4 is 5.32 Å². The van der Waals surface area contributed by atoms with Gasteiger partial charge >= 0.3 is 0 Å². The van der Waals surface area contributed by atoms with Crippen molar-refractivity contribution in [3.8, 4) is 0 Å². The number of fused-ring (bicyclic) bond motifs is 1. The van der Waals surface area contributed by atoms with Crippen molar-refractivity contribution in [1.29, 1.82) is 0 Å². The normalized spacial score (nSPS) is 23.4. The van der Waals surface area contributed by atoms with E-state index in [2.05, 4.69) is 36.3 Å². The highest BCUT2D eigenvalue weighted by atomic mass is 32.1. The van der Waals surface area contributed by atoms with Crippen LogP contribution in [0.3, 0.4) is 0 Å². The highest BCUT2D eigenvalue weighted by Crippen LogP contribution is 2.35. The summed E-state index contributed by atoms with van der Waals surface area (Å²) in [4.78, 5) is 33.3. The molecule has 0 radical (unpaired) electrons. The summed E-state index contributed by atoms with van der Waals surface area (Å²) in [6.07, 6.45) is 2.32. The van der Waals surface area contributed by atoms with Crippen LogP contribution in [0.15, 0.2) is 29.6 Å².